The molecule has 1 heterocycles. The molecule has 0 fully saturated rings. The van der Waals surface area contributed by atoms with Crippen molar-refractivity contribution in [3.8, 4) is 5.75 Å². The van der Waals surface area contributed by atoms with Gasteiger partial charge in [0.15, 0.2) is 0 Å². The van der Waals surface area contributed by atoms with E-state index in [4.69, 9.17) is 4.52 Å². The highest BCUT2D eigenvalue weighted by Crippen LogP contribution is 2.17. The normalized spacial score (nSPS) is 10.2. The molecule has 4 heteroatoms. The van der Waals surface area contributed by atoms with E-state index in [1.807, 2.05) is 19.9 Å². The van der Waals surface area contributed by atoms with Gasteiger partial charge in [-0.3, -0.25) is 4.79 Å². The molecule has 0 spiro atoms. The molecule has 0 radical (unpaired) electrons. The fraction of sp³-hybridized carbons (Fsp3) is 0.444. The van der Waals surface area contributed by atoms with Gasteiger partial charge in [-0.2, -0.15) is 0 Å². The Morgan fingerprint density at radius 2 is 2.15 bits per heavy atom. The Bertz CT molecular complexity index is 371. The standard InChI is InChI=1S/C9H14NO2P/c1-4-10-6(2)5-8(12-13)7(3)9(10)11/h5H,4,13H2,1-3H3. The molecule has 0 N–H and O–H groups in total. The first-order chi connectivity index (χ1) is 6.11. The molecule has 0 saturated heterocycles. The van der Waals surface area contributed by atoms with Gasteiger partial charge in [0.25, 0.3) is 5.56 Å². The molecule has 1 unspecified atom stereocenters. The maximum atomic E-state index is 11.7. The monoisotopic (exact) mass is 199 g/mol. The molecule has 1 atom stereocenters. The minimum atomic E-state index is 0.0277. The van der Waals surface area contributed by atoms with E-state index in [2.05, 4.69) is 9.47 Å². The molecule has 0 aliphatic rings. The molecule has 1 aromatic rings. The van der Waals surface area contributed by atoms with Crippen molar-refractivity contribution in [1.29, 1.82) is 0 Å². The van der Waals surface area contributed by atoms with Crippen LogP contribution in [0.15, 0.2) is 10.9 Å². The van der Waals surface area contributed by atoms with Gasteiger partial charge in [0, 0.05) is 18.3 Å². The summed E-state index contributed by atoms with van der Waals surface area (Å²) in [7, 11) is 2.16. The maximum Gasteiger partial charge on any atom is 0.257 e. The van der Waals surface area contributed by atoms with E-state index in [0.29, 0.717) is 17.9 Å². The van der Waals surface area contributed by atoms with Crippen molar-refractivity contribution < 1.29 is 4.52 Å². The van der Waals surface area contributed by atoms with Crippen LogP contribution in [-0.2, 0) is 6.54 Å². The summed E-state index contributed by atoms with van der Waals surface area (Å²) in [5, 5.41) is 0. The summed E-state index contributed by atoms with van der Waals surface area (Å²) in [4.78, 5) is 11.7. The molecule has 1 aromatic heterocycles. The van der Waals surface area contributed by atoms with Gasteiger partial charge in [-0.25, -0.2) is 0 Å². The Morgan fingerprint density at radius 3 is 2.62 bits per heavy atom. The summed E-state index contributed by atoms with van der Waals surface area (Å²) in [5.41, 5.74) is 1.61. The second-order valence-corrected chi connectivity index (χ2v) is 3.18. The molecular formula is C9H14NO2P. The third-order valence-corrected chi connectivity index (χ3v) is 2.40. The summed E-state index contributed by atoms with van der Waals surface area (Å²) in [6, 6.07) is 1.87. The first kappa shape index (κ1) is 10.3. The molecule has 0 aromatic carbocycles. The highest BCUT2D eigenvalue weighted by Gasteiger charge is 2.07. The summed E-state index contributed by atoms with van der Waals surface area (Å²) < 4.78 is 6.73. The molecular weight excluding hydrogens is 185 g/mol. The zero-order chi connectivity index (χ0) is 10.0. The third-order valence-electron chi connectivity index (χ3n) is 2.14. The number of aromatic nitrogens is 1. The molecule has 1 rings (SSSR count). The van der Waals surface area contributed by atoms with E-state index >= 15 is 0 Å². The smallest absolute Gasteiger partial charge is 0.257 e. The van der Waals surface area contributed by atoms with E-state index < -0.39 is 0 Å². The van der Waals surface area contributed by atoms with Gasteiger partial charge in [-0.05, 0) is 20.8 Å². The number of aryl methyl sites for hydroxylation is 1. The van der Waals surface area contributed by atoms with Crippen LogP contribution in [0.25, 0.3) is 0 Å². The Kier molecular flexibility index (Phi) is 3.10. The third kappa shape index (κ3) is 1.75. The largest absolute Gasteiger partial charge is 0.480 e. The van der Waals surface area contributed by atoms with Crippen molar-refractivity contribution in [2.24, 2.45) is 0 Å². The molecule has 3 nitrogen and oxygen atoms in total. The number of hydrogen-bond acceptors (Lipinski definition) is 2. The Hall–Kier alpha value is -0.820. The van der Waals surface area contributed by atoms with Gasteiger partial charge in [0.05, 0.1) is 15.0 Å². The average molecular weight is 199 g/mol. The lowest BCUT2D eigenvalue weighted by Crippen LogP contribution is -2.23. The van der Waals surface area contributed by atoms with Crippen molar-refractivity contribution in [1.82, 2.24) is 4.57 Å². The zero-order valence-corrected chi connectivity index (χ0v) is 9.28. The number of pyridine rings is 1. The lowest BCUT2D eigenvalue weighted by molar-refractivity contribution is 0.614. The number of nitrogens with zero attached hydrogens (tertiary/aromatic N) is 1. The predicted octanol–water partition coefficient (Wildman–Crippen LogP) is 1.65. The number of hydrogen-bond donors (Lipinski definition) is 0. The fourth-order valence-electron chi connectivity index (χ4n) is 1.36. The lowest BCUT2D eigenvalue weighted by atomic mass is 10.2. The van der Waals surface area contributed by atoms with Gasteiger partial charge >= 0.3 is 0 Å². The zero-order valence-electron chi connectivity index (χ0n) is 8.13. The highest BCUT2D eigenvalue weighted by atomic mass is 31.0. The highest BCUT2D eigenvalue weighted by molar-refractivity contribution is 7.10. The van der Waals surface area contributed by atoms with Gasteiger partial charge in [0.2, 0.25) is 0 Å². The van der Waals surface area contributed by atoms with Crippen molar-refractivity contribution in [3.05, 3.63) is 27.7 Å². The van der Waals surface area contributed by atoms with Crippen LogP contribution in [0.4, 0.5) is 0 Å². The summed E-state index contributed by atoms with van der Waals surface area (Å²) in [5.74, 6) is 0.636. The van der Waals surface area contributed by atoms with Crippen molar-refractivity contribution in [2.75, 3.05) is 0 Å². The van der Waals surface area contributed by atoms with E-state index in [1.54, 1.807) is 11.5 Å². The predicted molar refractivity (Wildman–Crippen MR) is 56.2 cm³/mol. The van der Waals surface area contributed by atoms with Gasteiger partial charge in [0.1, 0.15) is 5.75 Å². The summed E-state index contributed by atoms with van der Waals surface area (Å²) in [6.45, 7) is 6.32. The van der Waals surface area contributed by atoms with Gasteiger partial charge in [-0.1, -0.05) is 0 Å². The van der Waals surface area contributed by atoms with Crippen LogP contribution in [-0.4, -0.2) is 4.57 Å². The molecule has 0 bridgehead atoms. The number of rotatable bonds is 2. The average Bonchev–Trinajstić information content (AvgIpc) is 2.12. The molecule has 0 amide bonds. The van der Waals surface area contributed by atoms with E-state index in [1.165, 1.54) is 0 Å². The first-order valence-electron chi connectivity index (χ1n) is 4.19. The second kappa shape index (κ2) is 3.93. The molecule has 0 aliphatic carbocycles. The molecule has 13 heavy (non-hydrogen) atoms. The van der Waals surface area contributed by atoms with E-state index in [9.17, 15) is 4.79 Å². The first-order valence-corrected chi connectivity index (χ1v) is 4.66. The second-order valence-electron chi connectivity index (χ2n) is 2.94. The van der Waals surface area contributed by atoms with Crippen LogP contribution in [0.2, 0.25) is 0 Å². The van der Waals surface area contributed by atoms with Crippen LogP contribution in [0.5, 0.6) is 5.75 Å². The van der Waals surface area contributed by atoms with Crippen molar-refractivity contribution in [2.45, 2.75) is 27.3 Å². The minimum Gasteiger partial charge on any atom is -0.480 e. The topological polar surface area (TPSA) is 31.2 Å². The van der Waals surface area contributed by atoms with Crippen LogP contribution in [0.3, 0.4) is 0 Å². The summed E-state index contributed by atoms with van der Waals surface area (Å²) in [6.07, 6.45) is 0. The minimum absolute atomic E-state index is 0.0277. The van der Waals surface area contributed by atoms with Gasteiger partial charge in [-0.15, -0.1) is 0 Å². The SMILES string of the molecule is CCn1c(C)cc(OP)c(C)c1=O. The quantitative estimate of drug-likeness (QED) is 0.678. The van der Waals surface area contributed by atoms with Crippen molar-refractivity contribution >= 4 is 9.47 Å². The Morgan fingerprint density at radius 1 is 1.54 bits per heavy atom. The maximum absolute atomic E-state index is 11.7. The Balaban J connectivity index is 3.46. The van der Waals surface area contributed by atoms with Crippen LogP contribution in [0.1, 0.15) is 18.2 Å². The lowest BCUT2D eigenvalue weighted by Gasteiger charge is -2.11. The summed E-state index contributed by atoms with van der Waals surface area (Å²) >= 11 is 0. The van der Waals surface area contributed by atoms with Crippen molar-refractivity contribution in [3.63, 3.8) is 0 Å². The molecule has 0 aliphatic heterocycles. The van der Waals surface area contributed by atoms with E-state index in [-0.39, 0.29) is 5.56 Å². The van der Waals surface area contributed by atoms with Crippen LogP contribution < -0.4 is 10.1 Å². The van der Waals surface area contributed by atoms with E-state index in [0.717, 1.165) is 5.69 Å². The Labute approximate surface area is 80.0 Å². The van der Waals surface area contributed by atoms with Gasteiger partial charge < -0.3 is 9.09 Å². The molecule has 72 valence electrons. The fourth-order valence-corrected chi connectivity index (χ4v) is 1.60. The van der Waals surface area contributed by atoms with Crippen LogP contribution >= 0.6 is 9.47 Å². The van der Waals surface area contributed by atoms with Crippen LogP contribution in [0, 0.1) is 13.8 Å². The molecule has 0 saturated carbocycles.